The standard InChI is InChI=1S/C13H19N3O3S/c1-16(20(18,19)12-4-2-3-5-12)11-8-6-10(7-9-11)13(14)15-17/h6-9,12,17H,2-5H2,1H3,(H2,14,15). The molecule has 6 nitrogen and oxygen atoms in total. The van der Waals surface area contributed by atoms with Crippen molar-refractivity contribution in [3.8, 4) is 0 Å². The minimum absolute atomic E-state index is 0.00199. The van der Waals surface area contributed by atoms with Crippen LogP contribution in [0.2, 0.25) is 0 Å². The van der Waals surface area contributed by atoms with Crippen molar-refractivity contribution >= 4 is 21.5 Å². The Hall–Kier alpha value is -1.76. The SMILES string of the molecule is CN(c1ccc(/C(N)=N/O)cc1)S(=O)(=O)C1CCCC1. The average Bonchev–Trinajstić information content (AvgIpc) is 3.00. The van der Waals surface area contributed by atoms with E-state index in [2.05, 4.69) is 5.16 Å². The van der Waals surface area contributed by atoms with Crippen LogP contribution in [0.15, 0.2) is 29.4 Å². The number of benzene rings is 1. The summed E-state index contributed by atoms with van der Waals surface area (Å²) in [5.74, 6) is -0.00199. The summed E-state index contributed by atoms with van der Waals surface area (Å²) in [5, 5.41) is 11.2. The van der Waals surface area contributed by atoms with E-state index < -0.39 is 10.0 Å². The molecule has 7 heteroatoms. The van der Waals surface area contributed by atoms with Crippen molar-refractivity contribution in [2.24, 2.45) is 10.9 Å². The van der Waals surface area contributed by atoms with Gasteiger partial charge in [-0.15, -0.1) is 0 Å². The molecule has 3 N–H and O–H groups in total. The Morgan fingerprint density at radius 3 is 2.35 bits per heavy atom. The van der Waals surface area contributed by atoms with Crippen LogP contribution in [-0.4, -0.2) is 31.8 Å². The fourth-order valence-electron chi connectivity index (χ4n) is 2.46. The number of hydrogen-bond acceptors (Lipinski definition) is 4. The fourth-order valence-corrected chi connectivity index (χ4v) is 4.25. The van der Waals surface area contributed by atoms with Crippen LogP contribution in [-0.2, 0) is 10.0 Å². The van der Waals surface area contributed by atoms with E-state index in [1.807, 2.05) is 0 Å². The van der Waals surface area contributed by atoms with E-state index >= 15 is 0 Å². The van der Waals surface area contributed by atoms with E-state index in [0.717, 1.165) is 25.7 Å². The van der Waals surface area contributed by atoms with Gasteiger partial charge in [0.2, 0.25) is 10.0 Å². The van der Waals surface area contributed by atoms with Crippen molar-refractivity contribution in [3.63, 3.8) is 0 Å². The molecule has 1 aromatic carbocycles. The molecule has 0 aliphatic heterocycles. The number of nitrogens with two attached hydrogens (primary N) is 1. The molecule has 0 bridgehead atoms. The molecule has 1 aromatic rings. The van der Waals surface area contributed by atoms with Crippen molar-refractivity contribution < 1.29 is 13.6 Å². The Bertz CT molecular complexity index is 590. The number of sulfonamides is 1. The lowest BCUT2D eigenvalue weighted by atomic mass is 10.2. The summed E-state index contributed by atoms with van der Waals surface area (Å²) >= 11 is 0. The molecule has 0 atom stereocenters. The third-order valence-electron chi connectivity index (χ3n) is 3.74. The first-order valence-corrected chi connectivity index (χ1v) is 8.03. The van der Waals surface area contributed by atoms with E-state index in [1.165, 1.54) is 4.31 Å². The van der Waals surface area contributed by atoms with Crippen LogP contribution in [0.3, 0.4) is 0 Å². The zero-order valence-corrected chi connectivity index (χ0v) is 12.2. The van der Waals surface area contributed by atoms with Crippen molar-refractivity contribution in [3.05, 3.63) is 29.8 Å². The topological polar surface area (TPSA) is 96.0 Å². The van der Waals surface area contributed by atoms with Crippen molar-refractivity contribution in [2.75, 3.05) is 11.4 Å². The smallest absolute Gasteiger partial charge is 0.237 e. The molecule has 0 unspecified atom stereocenters. The maximum atomic E-state index is 12.4. The third kappa shape index (κ3) is 2.72. The summed E-state index contributed by atoms with van der Waals surface area (Å²) in [4.78, 5) is 0. The molecule has 0 heterocycles. The van der Waals surface area contributed by atoms with E-state index in [4.69, 9.17) is 10.9 Å². The number of oxime groups is 1. The van der Waals surface area contributed by atoms with E-state index in [9.17, 15) is 8.42 Å². The molecule has 2 rings (SSSR count). The lowest BCUT2D eigenvalue weighted by molar-refractivity contribution is 0.318. The maximum Gasteiger partial charge on any atom is 0.237 e. The predicted octanol–water partition coefficient (Wildman–Crippen LogP) is 1.49. The molecule has 1 aliphatic rings. The van der Waals surface area contributed by atoms with Gasteiger partial charge < -0.3 is 10.9 Å². The Balaban J connectivity index is 2.22. The van der Waals surface area contributed by atoms with E-state index in [-0.39, 0.29) is 11.1 Å². The van der Waals surface area contributed by atoms with Crippen molar-refractivity contribution in [1.29, 1.82) is 0 Å². The van der Waals surface area contributed by atoms with Gasteiger partial charge in [-0.2, -0.15) is 0 Å². The highest BCUT2D eigenvalue weighted by atomic mass is 32.2. The molecular weight excluding hydrogens is 278 g/mol. The van der Waals surface area contributed by atoms with Crippen LogP contribution >= 0.6 is 0 Å². The maximum absolute atomic E-state index is 12.4. The molecule has 1 fully saturated rings. The van der Waals surface area contributed by atoms with Gasteiger partial charge in [-0.1, -0.05) is 18.0 Å². The molecule has 20 heavy (non-hydrogen) atoms. The molecule has 1 aliphatic carbocycles. The highest BCUT2D eigenvalue weighted by Crippen LogP contribution is 2.29. The van der Waals surface area contributed by atoms with Crippen LogP contribution in [0.1, 0.15) is 31.2 Å². The van der Waals surface area contributed by atoms with Gasteiger partial charge in [0.25, 0.3) is 0 Å². The minimum Gasteiger partial charge on any atom is -0.409 e. The van der Waals surface area contributed by atoms with Gasteiger partial charge >= 0.3 is 0 Å². The van der Waals surface area contributed by atoms with Gasteiger partial charge in [-0.3, -0.25) is 4.31 Å². The second-order valence-corrected chi connectivity index (χ2v) is 7.20. The van der Waals surface area contributed by atoms with Crippen LogP contribution in [0.25, 0.3) is 0 Å². The summed E-state index contributed by atoms with van der Waals surface area (Å²) in [6, 6.07) is 6.57. The Labute approximate surface area is 118 Å². The van der Waals surface area contributed by atoms with E-state index in [0.29, 0.717) is 11.3 Å². The molecular formula is C13H19N3O3S. The Morgan fingerprint density at radius 2 is 1.85 bits per heavy atom. The van der Waals surface area contributed by atoms with Crippen LogP contribution in [0, 0.1) is 0 Å². The quantitative estimate of drug-likeness (QED) is 0.381. The predicted molar refractivity (Wildman–Crippen MR) is 78.5 cm³/mol. The first-order chi connectivity index (χ1) is 9.46. The van der Waals surface area contributed by atoms with Crippen LogP contribution < -0.4 is 10.0 Å². The molecule has 0 saturated heterocycles. The van der Waals surface area contributed by atoms with Crippen LogP contribution in [0.5, 0.6) is 0 Å². The summed E-state index contributed by atoms with van der Waals surface area (Å²) in [5.41, 5.74) is 6.59. The molecule has 110 valence electrons. The van der Waals surface area contributed by atoms with Gasteiger partial charge in [0.1, 0.15) is 0 Å². The molecule has 0 spiro atoms. The summed E-state index contributed by atoms with van der Waals surface area (Å²) < 4.78 is 26.2. The first kappa shape index (κ1) is 14.6. The van der Waals surface area contributed by atoms with Crippen molar-refractivity contribution in [2.45, 2.75) is 30.9 Å². The van der Waals surface area contributed by atoms with Crippen molar-refractivity contribution in [1.82, 2.24) is 0 Å². The number of amidine groups is 1. The lowest BCUT2D eigenvalue weighted by Gasteiger charge is -2.23. The van der Waals surface area contributed by atoms with E-state index in [1.54, 1.807) is 31.3 Å². The summed E-state index contributed by atoms with van der Waals surface area (Å²) in [6.07, 6.45) is 3.41. The summed E-state index contributed by atoms with van der Waals surface area (Å²) in [6.45, 7) is 0. The second-order valence-electron chi connectivity index (χ2n) is 4.95. The summed E-state index contributed by atoms with van der Waals surface area (Å²) in [7, 11) is -1.75. The zero-order valence-electron chi connectivity index (χ0n) is 11.4. The van der Waals surface area contributed by atoms with Crippen LogP contribution in [0.4, 0.5) is 5.69 Å². The van der Waals surface area contributed by atoms with Gasteiger partial charge in [0.05, 0.1) is 10.9 Å². The fraction of sp³-hybridized carbons (Fsp3) is 0.462. The molecule has 1 saturated carbocycles. The largest absolute Gasteiger partial charge is 0.409 e. The zero-order chi connectivity index (χ0) is 14.8. The van der Waals surface area contributed by atoms with Gasteiger partial charge in [0, 0.05) is 12.6 Å². The van der Waals surface area contributed by atoms with Gasteiger partial charge in [0.15, 0.2) is 5.84 Å². The molecule has 0 radical (unpaired) electrons. The highest BCUT2D eigenvalue weighted by Gasteiger charge is 2.32. The molecule has 0 aromatic heterocycles. The second kappa shape index (κ2) is 5.70. The Kier molecular flexibility index (Phi) is 4.17. The average molecular weight is 297 g/mol. The number of anilines is 1. The number of rotatable bonds is 4. The lowest BCUT2D eigenvalue weighted by Crippen LogP contribution is -2.34. The number of hydrogen-bond donors (Lipinski definition) is 2. The highest BCUT2D eigenvalue weighted by molar-refractivity contribution is 7.93. The first-order valence-electron chi connectivity index (χ1n) is 6.52. The van der Waals surface area contributed by atoms with Gasteiger partial charge in [-0.05, 0) is 37.1 Å². The normalized spacial score (nSPS) is 17.4. The Morgan fingerprint density at radius 1 is 1.30 bits per heavy atom. The monoisotopic (exact) mass is 297 g/mol. The molecule has 0 amide bonds. The third-order valence-corrected chi connectivity index (χ3v) is 6.03. The van der Waals surface area contributed by atoms with Gasteiger partial charge in [-0.25, -0.2) is 8.42 Å². The number of nitrogens with zero attached hydrogens (tertiary/aromatic N) is 2. The minimum atomic E-state index is -3.31.